The fourth-order valence-electron chi connectivity index (χ4n) is 2.32. The number of hydrogen-bond donors (Lipinski definition) is 0. The number of esters is 2. The van der Waals surface area contributed by atoms with Crippen molar-refractivity contribution in [1.82, 2.24) is 4.90 Å². The van der Waals surface area contributed by atoms with E-state index in [0.717, 1.165) is 4.90 Å². The minimum absolute atomic E-state index is 0.210. The molecular formula is C15H25NO6. The lowest BCUT2D eigenvalue weighted by molar-refractivity contribution is -0.153. The van der Waals surface area contributed by atoms with E-state index in [1.54, 1.807) is 34.6 Å². The van der Waals surface area contributed by atoms with Gasteiger partial charge in [-0.15, -0.1) is 0 Å². The van der Waals surface area contributed by atoms with E-state index in [9.17, 15) is 14.4 Å². The SMILES string of the molecule is CCOC(=O)C1CCC(C(=O)OCC)N1C(=O)OC(C)(C)C. The van der Waals surface area contributed by atoms with Crippen molar-refractivity contribution in [3.05, 3.63) is 0 Å². The van der Waals surface area contributed by atoms with Gasteiger partial charge in [-0.2, -0.15) is 0 Å². The maximum Gasteiger partial charge on any atom is 0.411 e. The van der Waals surface area contributed by atoms with E-state index in [1.807, 2.05) is 0 Å². The first-order valence-corrected chi connectivity index (χ1v) is 7.55. The predicted octanol–water partition coefficient (Wildman–Crippen LogP) is 1.88. The smallest absolute Gasteiger partial charge is 0.411 e. The number of likely N-dealkylation sites (tertiary alicyclic amines) is 1. The first-order valence-electron chi connectivity index (χ1n) is 7.55. The second-order valence-electron chi connectivity index (χ2n) is 6.00. The van der Waals surface area contributed by atoms with Gasteiger partial charge in [0.1, 0.15) is 17.7 Å². The first kappa shape index (κ1) is 18.3. The molecule has 1 heterocycles. The summed E-state index contributed by atoms with van der Waals surface area (Å²) in [5, 5.41) is 0. The van der Waals surface area contributed by atoms with Crippen molar-refractivity contribution in [3.8, 4) is 0 Å². The third kappa shape index (κ3) is 4.61. The maximum atomic E-state index is 12.4. The Labute approximate surface area is 130 Å². The van der Waals surface area contributed by atoms with Gasteiger partial charge in [0.25, 0.3) is 0 Å². The van der Waals surface area contributed by atoms with Crippen molar-refractivity contribution < 1.29 is 28.6 Å². The average Bonchev–Trinajstić information content (AvgIpc) is 2.82. The highest BCUT2D eigenvalue weighted by molar-refractivity contribution is 5.88. The van der Waals surface area contributed by atoms with Gasteiger partial charge < -0.3 is 14.2 Å². The van der Waals surface area contributed by atoms with Crippen LogP contribution in [-0.4, -0.2) is 53.8 Å². The Hall–Kier alpha value is -1.79. The van der Waals surface area contributed by atoms with Gasteiger partial charge in [-0.3, -0.25) is 4.90 Å². The van der Waals surface area contributed by atoms with Gasteiger partial charge in [-0.1, -0.05) is 0 Å². The monoisotopic (exact) mass is 315 g/mol. The van der Waals surface area contributed by atoms with Crippen LogP contribution in [0.5, 0.6) is 0 Å². The summed E-state index contributed by atoms with van der Waals surface area (Å²) >= 11 is 0. The number of hydrogen-bond acceptors (Lipinski definition) is 6. The zero-order valence-corrected chi connectivity index (χ0v) is 13.9. The number of nitrogens with zero attached hydrogens (tertiary/aromatic N) is 1. The molecule has 1 aliphatic heterocycles. The van der Waals surface area contributed by atoms with E-state index in [2.05, 4.69) is 0 Å². The summed E-state index contributed by atoms with van der Waals surface area (Å²) in [6, 6.07) is -1.63. The van der Waals surface area contributed by atoms with E-state index in [-0.39, 0.29) is 13.2 Å². The Kier molecular flexibility index (Phi) is 6.20. The quantitative estimate of drug-likeness (QED) is 0.582. The fraction of sp³-hybridized carbons (Fsp3) is 0.800. The van der Waals surface area contributed by atoms with Crippen LogP contribution in [0.1, 0.15) is 47.5 Å². The van der Waals surface area contributed by atoms with Crippen LogP contribution in [0.3, 0.4) is 0 Å². The lowest BCUT2D eigenvalue weighted by atomic mass is 10.2. The molecule has 1 aliphatic rings. The lowest BCUT2D eigenvalue weighted by Gasteiger charge is -2.30. The summed E-state index contributed by atoms with van der Waals surface area (Å²) in [7, 11) is 0. The van der Waals surface area contributed by atoms with E-state index < -0.39 is 35.7 Å². The average molecular weight is 315 g/mol. The molecule has 0 aromatic rings. The number of amides is 1. The summed E-state index contributed by atoms with van der Waals surface area (Å²) < 4.78 is 15.3. The van der Waals surface area contributed by atoms with E-state index in [1.165, 1.54) is 0 Å². The van der Waals surface area contributed by atoms with Crippen LogP contribution in [0, 0.1) is 0 Å². The molecule has 0 spiro atoms. The highest BCUT2D eigenvalue weighted by Gasteiger charge is 2.47. The van der Waals surface area contributed by atoms with E-state index in [4.69, 9.17) is 14.2 Å². The van der Waals surface area contributed by atoms with Crippen LogP contribution in [0.4, 0.5) is 4.79 Å². The number of carbonyl (C=O) groups is 3. The van der Waals surface area contributed by atoms with Crippen molar-refractivity contribution in [1.29, 1.82) is 0 Å². The van der Waals surface area contributed by atoms with Crippen LogP contribution in [0.2, 0.25) is 0 Å². The molecule has 1 rings (SSSR count). The Morgan fingerprint density at radius 3 is 1.68 bits per heavy atom. The molecule has 22 heavy (non-hydrogen) atoms. The fourth-order valence-corrected chi connectivity index (χ4v) is 2.32. The molecule has 2 atom stereocenters. The third-order valence-corrected chi connectivity index (χ3v) is 3.11. The standard InChI is InChI=1S/C15H25NO6/c1-6-20-12(17)10-8-9-11(13(18)21-7-2)16(10)14(19)22-15(3,4)5/h10-11H,6-9H2,1-5H3. The molecule has 7 heteroatoms. The summed E-state index contributed by atoms with van der Waals surface area (Å²) in [6.07, 6.45) is -0.00978. The molecule has 1 saturated heterocycles. The predicted molar refractivity (Wildman–Crippen MR) is 78.1 cm³/mol. The molecular weight excluding hydrogens is 290 g/mol. The molecule has 126 valence electrons. The van der Waals surface area contributed by atoms with Gasteiger partial charge in [0.15, 0.2) is 0 Å². The van der Waals surface area contributed by atoms with Crippen molar-refractivity contribution in [2.45, 2.75) is 65.1 Å². The normalized spacial score (nSPS) is 21.4. The van der Waals surface area contributed by atoms with Gasteiger partial charge >= 0.3 is 18.0 Å². The van der Waals surface area contributed by atoms with Crippen LogP contribution >= 0.6 is 0 Å². The summed E-state index contributed by atoms with van der Waals surface area (Å²) in [5.41, 5.74) is -0.724. The molecule has 1 amide bonds. The minimum atomic E-state index is -0.816. The molecule has 0 saturated carbocycles. The number of rotatable bonds is 4. The second kappa shape index (κ2) is 7.47. The van der Waals surface area contributed by atoms with Crippen molar-refractivity contribution in [3.63, 3.8) is 0 Å². The molecule has 0 radical (unpaired) electrons. The summed E-state index contributed by atoms with van der Waals surface area (Å²) in [4.78, 5) is 37.6. The Morgan fingerprint density at radius 1 is 0.955 bits per heavy atom. The van der Waals surface area contributed by atoms with Gasteiger partial charge in [0.2, 0.25) is 0 Å². The molecule has 0 N–H and O–H groups in total. The van der Waals surface area contributed by atoms with E-state index >= 15 is 0 Å². The molecule has 0 bridgehead atoms. The molecule has 7 nitrogen and oxygen atoms in total. The minimum Gasteiger partial charge on any atom is -0.464 e. The molecule has 2 unspecified atom stereocenters. The molecule has 0 aromatic heterocycles. The summed E-state index contributed by atoms with van der Waals surface area (Å²) in [6.45, 7) is 8.96. The van der Waals surface area contributed by atoms with Crippen LogP contribution in [-0.2, 0) is 23.8 Å². The Bertz CT molecular complexity index is 402. The Morgan fingerprint density at radius 2 is 1.36 bits per heavy atom. The highest BCUT2D eigenvalue weighted by Crippen LogP contribution is 2.28. The van der Waals surface area contributed by atoms with Gasteiger partial charge in [0, 0.05) is 0 Å². The van der Waals surface area contributed by atoms with Crippen LogP contribution < -0.4 is 0 Å². The van der Waals surface area contributed by atoms with Gasteiger partial charge in [-0.25, -0.2) is 14.4 Å². The maximum absolute atomic E-state index is 12.4. The first-order chi connectivity index (χ1) is 10.2. The third-order valence-electron chi connectivity index (χ3n) is 3.11. The Balaban J connectivity index is 2.97. The zero-order valence-electron chi connectivity index (χ0n) is 13.9. The van der Waals surface area contributed by atoms with E-state index in [0.29, 0.717) is 12.8 Å². The lowest BCUT2D eigenvalue weighted by Crippen LogP contribution is -2.50. The topological polar surface area (TPSA) is 82.1 Å². The highest BCUT2D eigenvalue weighted by atomic mass is 16.6. The van der Waals surface area contributed by atoms with Gasteiger partial charge in [-0.05, 0) is 47.5 Å². The van der Waals surface area contributed by atoms with Gasteiger partial charge in [0.05, 0.1) is 13.2 Å². The number of carbonyl (C=O) groups excluding carboxylic acids is 3. The van der Waals surface area contributed by atoms with Crippen LogP contribution in [0.15, 0.2) is 0 Å². The largest absolute Gasteiger partial charge is 0.464 e. The second-order valence-corrected chi connectivity index (χ2v) is 6.00. The van der Waals surface area contributed by atoms with Crippen molar-refractivity contribution in [2.75, 3.05) is 13.2 Å². The van der Waals surface area contributed by atoms with Crippen molar-refractivity contribution >= 4 is 18.0 Å². The summed E-state index contributed by atoms with van der Waals surface area (Å²) in [5.74, 6) is -1.06. The zero-order chi connectivity index (χ0) is 16.9. The molecule has 0 aliphatic carbocycles. The van der Waals surface area contributed by atoms with Crippen molar-refractivity contribution in [2.24, 2.45) is 0 Å². The molecule has 0 aromatic carbocycles. The molecule has 1 fully saturated rings. The van der Waals surface area contributed by atoms with Crippen LogP contribution in [0.25, 0.3) is 0 Å². The number of ether oxygens (including phenoxy) is 3.